The lowest BCUT2D eigenvalue weighted by Crippen LogP contribution is -2.36. The van der Waals surface area contributed by atoms with Crippen molar-refractivity contribution in [1.29, 1.82) is 0 Å². The molecule has 0 spiro atoms. The first-order chi connectivity index (χ1) is 10.1. The van der Waals surface area contributed by atoms with Crippen molar-refractivity contribution in [3.8, 4) is 0 Å². The third-order valence-electron chi connectivity index (χ3n) is 3.15. The molecule has 0 bridgehead atoms. The van der Waals surface area contributed by atoms with Gasteiger partial charge in [-0.2, -0.15) is 0 Å². The van der Waals surface area contributed by atoms with Crippen LogP contribution in [0.3, 0.4) is 0 Å². The summed E-state index contributed by atoms with van der Waals surface area (Å²) in [5, 5.41) is 2.51. The molecule has 1 rings (SSSR count). The van der Waals surface area contributed by atoms with Gasteiger partial charge in [0.2, 0.25) is 5.91 Å². The number of nitrogens with zero attached hydrogens (tertiary/aromatic N) is 1. The Labute approximate surface area is 129 Å². The van der Waals surface area contributed by atoms with E-state index in [1.54, 1.807) is 19.0 Å². The zero-order valence-electron chi connectivity index (χ0n) is 12.8. The molecule has 1 atom stereocenters. The lowest BCUT2D eigenvalue weighted by molar-refractivity contribution is -0.120. The molecular formula is C14H20F2N2O3S. The quantitative estimate of drug-likeness (QED) is 0.811. The number of sulfone groups is 1. The summed E-state index contributed by atoms with van der Waals surface area (Å²) in [6, 6.07) is 2.88. The summed E-state index contributed by atoms with van der Waals surface area (Å²) < 4.78 is 49.7. The Hall–Kier alpha value is -1.54. The van der Waals surface area contributed by atoms with E-state index in [-0.39, 0.29) is 24.3 Å². The Kier molecular flexibility index (Phi) is 6.43. The van der Waals surface area contributed by atoms with Gasteiger partial charge in [0.1, 0.15) is 21.5 Å². The second kappa shape index (κ2) is 7.64. The molecule has 5 nitrogen and oxygen atoms in total. The van der Waals surface area contributed by atoms with Crippen molar-refractivity contribution in [3.63, 3.8) is 0 Å². The largest absolute Gasteiger partial charge is 0.354 e. The summed E-state index contributed by atoms with van der Waals surface area (Å²) in [5.74, 6) is -2.12. The first-order valence-electron chi connectivity index (χ1n) is 6.66. The van der Waals surface area contributed by atoms with Crippen LogP contribution < -0.4 is 5.32 Å². The van der Waals surface area contributed by atoms with Crippen LogP contribution in [0, 0.1) is 11.6 Å². The summed E-state index contributed by atoms with van der Waals surface area (Å²) in [6.07, 6.45) is 0.858. The number of benzene rings is 1. The van der Waals surface area contributed by atoms with E-state index >= 15 is 0 Å². The first kappa shape index (κ1) is 18.5. The normalized spacial score (nSPS) is 13.2. The van der Waals surface area contributed by atoms with E-state index < -0.39 is 33.4 Å². The van der Waals surface area contributed by atoms with Crippen LogP contribution >= 0.6 is 0 Å². The highest BCUT2D eigenvalue weighted by Crippen LogP contribution is 2.23. The second-order valence-corrected chi connectivity index (χ2v) is 7.56. The van der Waals surface area contributed by atoms with E-state index in [2.05, 4.69) is 5.32 Å². The van der Waals surface area contributed by atoms with Gasteiger partial charge in [0.05, 0.1) is 11.8 Å². The lowest BCUT2D eigenvalue weighted by atomic mass is 10.0. The van der Waals surface area contributed by atoms with Gasteiger partial charge in [0.15, 0.2) is 0 Å². The highest BCUT2D eigenvalue weighted by Gasteiger charge is 2.22. The maximum absolute atomic E-state index is 13.8. The standard InChI is InChI=1S/C14H20F2N2O3S/c1-18(2)12(14-10(15)5-4-6-11(14)16)9-17-13(19)7-8-22(3,20)21/h4-6,12H,7-9H2,1-3H3,(H,17,19). The third kappa shape index (κ3) is 5.69. The van der Waals surface area contributed by atoms with Crippen molar-refractivity contribution in [2.24, 2.45) is 0 Å². The molecule has 0 fully saturated rings. The predicted molar refractivity (Wildman–Crippen MR) is 80.1 cm³/mol. The fraction of sp³-hybridized carbons (Fsp3) is 0.500. The molecule has 1 N–H and O–H groups in total. The molecule has 1 aromatic rings. The summed E-state index contributed by atoms with van der Waals surface area (Å²) in [7, 11) is 0.0453. The predicted octanol–water partition coefficient (Wildman–Crippen LogP) is 1.12. The molecule has 124 valence electrons. The number of halogens is 2. The van der Waals surface area contributed by atoms with Gasteiger partial charge in [0.25, 0.3) is 0 Å². The number of carbonyl (C=O) groups is 1. The van der Waals surface area contributed by atoms with Crippen LogP contribution in [0.2, 0.25) is 0 Å². The second-order valence-electron chi connectivity index (χ2n) is 5.30. The van der Waals surface area contributed by atoms with Crippen molar-refractivity contribution in [2.75, 3.05) is 32.6 Å². The van der Waals surface area contributed by atoms with Gasteiger partial charge in [-0.1, -0.05) is 6.07 Å². The Morgan fingerprint density at radius 1 is 1.27 bits per heavy atom. The number of likely N-dealkylation sites (N-methyl/N-ethyl adjacent to an activating group) is 1. The maximum Gasteiger partial charge on any atom is 0.221 e. The highest BCUT2D eigenvalue weighted by atomic mass is 32.2. The van der Waals surface area contributed by atoms with E-state index in [0.717, 1.165) is 18.4 Å². The Morgan fingerprint density at radius 2 is 1.82 bits per heavy atom. The molecule has 0 radical (unpaired) electrons. The molecule has 0 aliphatic carbocycles. The van der Waals surface area contributed by atoms with E-state index in [1.165, 1.54) is 6.07 Å². The van der Waals surface area contributed by atoms with Gasteiger partial charge in [0, 0.05) is 24.8 Å². The smallest absolute Gasteiger partial charge is 0.221 e. The van der Waals surface area contributed by atoms with Crippen molar-refractivity contribution in [2.45, 2.75) is 12.5 Å². The third-order valence-corrected chi connectivity index (χ3v) is 4.09. The summed E-state index contributed by atoms with van der Waals surface area (Å²) in [6.45, 7) is -0.0204. The van der Waals surface area contributed by atoms with E-state index in [9.17, 15) is 22.0 Å². The van der Waals surface area contributed by atoms with Gasteiger partial charge >= 0.3 is 0 Å². The average molecular weight is 334 g/mol. The summed E-state index contributed by atoms with van der Waals surface area (Å²) >= 11 is 0. The molecule has 1 aromatic carbocycles. The van der Waals surface area contributed by atoms with Gasteiger partial charge in [-0.05, 0) is 26.2 Å². The van der Waals surface area contributed by atoms with E-state index in [0.29, 0.717) is 0 Å². The number of hydrogen-bond donors (Lipinski definition) is 1. The van der Waals surface area contributed by atoms with Crippen molar-refractivity contribution >= 4 is 15.7 Å². The zero-order valence-corrected chi connectivity index (χ0v) is 13.6. The molecule has 0 saturated heterocycles. The fourth-order valence-corrected chi connectivity index (χ4v) is 2.51. The SMILES string of the molecule is CN(C)C(CNC(=O)CCS(C)(=O)=O)c1c(F)cccc1F. The molecule has 8 heteroatoms. The molecular weight excluding hydrogens is 314 g/mol. The van der Waals surface area contributed by atoms with Crippen molar-refractivity contribution in [1.82, 2.24) is 10.2 Å². The van der Waals surface area contributed by atoms with Crippen LogP contribution in [0.15, 0.2) is 18.2 Å². The molecule has 1 amide bonds. The number of nitrogens with one attached hydrogen (secondary N) is 1. The molecule has 0 aromatic heterocycles. The topological polar surface area (TPSA) is 66.5 Å². The number of rotatable bonds is 7. The fourth-order valence-electron chi connectivity index (χ4n) is 1.95. The van der Waals surface area contributed by atoms with Gasteiger partial charge in [-0.15, -0.1) is 0 Å². The average Bonchev–Trinajstić information content (AvgIpc) is 2.38. The Bertz CT molecular complexity index is 613. The molecule has 0 heterocycles. The van der Waals surface area contributed by atoms with Crippen LogP contribution in [0.1, 0.15) is 18.0 Å². The van der Waals surface area contributed by atoms with Crippen molar-refractivity contribution < 1.29 is 22.0 Å². The van der Waals surface area contributed by atoms with Crippen molar-refractivity contribution in [3.05, 3.63) is 35.4 Å². The minimum Gasteiger partial charge on any atom is -0.354 e. The van der Waals surface area contributed by atoms with Crippen LogP contribution in [0.25, 0.3) is 0 Å². The maximum atomic E-state index is 13.8. The Balaban J connectivity index is 2.76. The lowest BCUT2D eigenvalue weighted by Gasteiger charge is -2.25. The van der Waals surface area contributed by atoms with Gasteiger partial charge in [-0.25, -0.2) is 17.2 Å². The molecule has 22 heavy (non-hydrogen) atoms. The summed E-state index contributed by atoms with van der Waals surface area (Å²) in [4.78, 5) is 13.2. The van der Waals surface area contributed by atoms with E-state index in [4.69, 9.17) is 0 Å². The zero-order chi connectivity index (χ0) is 16.9. The Morgan fingerprint density at radius 3 is 2.27 bits per heavy atom. The monoisotopic (exact) mass is 334 g/mol. The van der Waals surface area contributed by atoms with Gasteiger partial charge < -0.3 is 10.2 Å². The minimum absolute atomic E-state index is 0.0204. The first-order valence-corrected chi connectivity index (χ1v) is 8.72. The minimum atomic E-state index is -3.23. The van der Waals surface area contributed by atoms with E-state index in [1.807, 2.05) is 0 Å². The number of carbonyl (C=O) groups excluding carboxylic acids is 1. The van der Waals surface area contributed by atoms with Crippen LogP contribution in [0.4, 0.5) is 8.78 Å². The molecule has 1 unspecified atom stereocenters. The molecule has 0 saturated carbocycles. The van der Waals surface area contributed by atoms with Crippen LogP contribution in [0.5, 0.6) is 0 Å². The van der Waals surface area contributed by atoms with Crippen LogP contribution in [-0.4, -0.2) is 51.9 Å². The van der Waals surface area contributed by atoms with Crippen LogP contribution in [-0.2, 0) is 14.6 Å². The molecule has 0 aliphatic rings. The highest BCUT2D eigenvalue weighted by molar-refractivity contribution is 7.90. The number of amides is 1. The van der Waals surface area contributed by atoms with Gasteiger partial charge in [-0.3, -0.25) is 4.79 Å². The molecule has 0 aliphatic heterocycles. The summed E-state index contributed by atoms with van der Waals surface area (Å²) in [5.41, 5.74) is -0.129. The number of hydrogen-bond acceptors (Lipinski definition) is 4.